The van der Waals surface area contributed by atoms with Crippen molar-refractivity contribution < 1.29 is 47.9 Å². The molecule has 2 aliphatic carbocycles. The molecule has 4 aliphatic rings. The normalized spacial score (nSPS) is 26.0. The molecule has 1 saturated carbocycles. The van der Waals surface area contributed by atoms with Crippen LogP contribution in [0.2, 0.25) is 0 Å². The van der Waals surface area contributed by atoms with Gasteiger partial charge >= 0.3 is 6.09 Å². The number of halogens is 1. The Balaban J connectivity index is 1.42. The molecule has 61 heavy (non-hydrogen) atoms. The van der Waals surface area contributed by atoms with Crippen LogP contribution in [0.5, 0.6) is 11.5 Å². The summed E-state index contributed by atoms with van der Waals surface area (Å²) < 4.78 is 46.4. The number of oxime groups is 1. The molecule has 3 heterocycles. The Morgan fingerprint density at radius 3 is 2.59 bits per heavy atom. The van der Waals surface area contributed by atoms with Crippen molar-refractivity contribution in [1.82, 2.24) is 9.88 Å². The van der Waals surface area contributed by atoms with E-state index in [1.165, 1.54) is 19.2 Å². The van der Waals surface area contributed by atoms with E-state index in [1.54, 1.807) is 23.1 Å². The lowest BCUT2D eigenvalue weighted by Crippen LogP contribution is -2.70. The van der Waals surface area contributed by atoms with Crippen LogP contribution in [0, 0.1) is 30.5 Å². The number of carbonyl (C=O) groups excluding carboxylic acids is 1. The highest BCUT2D eigenvalue weighted by Gasteiger charge is 2.65. The quantitative estimate of drug-likeness (QED) is 0.0686. The second kappa shape index (κ2) is 20.8. The number of hydrogen-bond acceptors (Lipinski definition) is 11. The van der Waals surface area contributed by atoms with Gasteiger partial charge in [-0.1, -0.05) is 48.3 Å². The van der Waals surface area contributed by atoms with Crippen molar-refractivity contribution in [2.45, 2.75) is 108 Å². The number of aryl methyl sites for hydroxylation is 1. The standard InChI is InChI=1S/C48H60FN3O9/c1-4-25-59-48-43(52(47(55)56-3)30-33-17-19-35(49)20-18-33)29-41(51-61-44-16-7-10-26-57-44)39-27-34(13-5-8-23-53)38(15-6-9-24-54)45(46(39)48)40-28-37(21-22-42(40)60-48)58-31-36-14-11-12-32(2)50-36/h4,11-12,14,17-22,27-28,34,38,43-46,53-54H,1,5-10,13,15-16,23-26,29-31H2,2-3H3. The summed E-state index contributed by atoms with van der Waals surface area (Å²) in [6, 6.07) is 16.9. The Morgan fingerprint density at radius 2 is 1.87 bits per heavy atom. The first-order valence-corrected chi connectivity index (χ1v) is 21.8. The maximum Gasteiger partial charge on any atom is 0.410 e. The molecule has 328 valence electrons. The molecule has 2 aromatic carbocycles. The van der Waals surface area contributed by atoms with Crippen LogP contribution in [0.25, 0.3) is 0 Å². The van der Waals surface area contributed by atoms with Crippen molar-refractivity contribution in [1.29, 1.82) is 0 Å². The molecule has 13 heteroatoms. The lowest BCUT2D eigenvalue weighted by atomic mass is 9.55. The zero-order valence-corrected chi connectivity index (χ0v) is 35.4. The summed E-state index contributed by atoms with van der Waals surface area (Å²) >= 11 is 0. The van der Waals surface area contributed by atoms with E-state index < -0.39 is 30.1 Å². The highest BCUT2D eigenvalue weighted by Crippen LogP contribution is 2.62. The largest absolute Gasteiger partial charge is 0.487 e. The minimum atomic E-state index is -1.49. The lowest BCUT2D eigenvalue weighted by molar-refractivity contribution is -0.256. The molecule has 7 rings (SSSR count). The molecule has 2 aliphatic heterocycles. The van der Waals surface area contributed by atoms with Crippen LogP contribution in [0.4, 0.5) is 9.18 Å². The first-order valence-electron chi connectivity index (χ1n) is 21.8. The van der Waals surface area contributed by atoms with Gasteiger partial charge in [0.2, 0.25) is 12.1 Å². The Labute approximate surface area is 358 Å². The predicted octanol–water partition coefficient (Wildman–Crippen LogP) is 8.54. The molecule has 0 spiro atoms. The first-order chi connectivity index (χ1) is 29.8. The van der Waals surface area contributed by atoms with Gasteiger partial charge in [0.1, 0.15) is 30.0 Å². The van der Waals surface area contributed by atoms with Gasteiger partial charge in [0, 0.05) is 49.8 Å². The van der Waals surface area contributed by atoms with Crippen LogP contribution in [-0.2, 0) is 32.2 Å². The fourth-order valence-electron chi connectivity index (χ4n) is 9.70. The number of aliphatic hydroxyl groups is 2. The fraction of sp³-hybridized carbons (Fsp3) is 0.521. The highest BCUT2D eigenvalue weighted by molar-refractivity contribution is 6.03. The number of rotatable bonds is 19. The number of fused-ring (bicyclic) bond motifs is 2. The van der Waals surface area contributed by atoms with Gasteiger partial charge in [-0.2, -0.15) is 0 Å². The average molecular weight is 842 g/mol. The lowest BCUT2D eigenvalue weighted by Gasteiger charge is -2.59. The van der Waals surface area contributed by atoms with E-state index in [0.717, 1.165) is 61.0 Å². The number of carbonyl (C=O) groups is 1. The van der Waals surface area contributed by atoms with Crippen molar-refractivity contribution in [3.63, 3.8) is 0 Å². The number of amides is 1. The molecular weight excluding hydrogens is 782 g/mol. The van der Waals surface area contributed by atoms with Gasteiger partial charge in [0.05, 0.1) is 37.6 Å². The molecule has 3 aromatic rings. The van der Waals surface area contributed by atoms with E-state index in [9.17, 15) is 19.4 Å². The van der Waals surface area contributed by atoms with Crippen LogP contribution < -0.4 is 9.47 Å². The molecule has 12 nitrogen and oxygen atoms in total. The molecule has 1 aromatic heterocycles. The number of methoxy groups -OCH3 is 1. The Morgan fingerprint density at radius 1 is 1.07 bits per heavy atom. The Kier molecular flexibility index (Phi) is 15.1. The second-order valence-corrected chi connectivity index (χ2v) is 16.5. The van der Waals surface area contributed by atoms with Gasteiger partial charge in [-0.25, -0.2) is 9.18 Å². The summed E-state index contributed by atoms with van der Waals surface area (Å²) in [7, 11) is 1.34. The van der Waals surface area contributed by atoms with Crippen LogP contribution in [0.3, 0.4) is 0 Å². The SMILES string of the molecule is C=CCOC12Oc3ccc(OCc4cccc(C)n4)cc3C3C(CCCCO)C(CCCCO)C=C(C(=NOC4CCCCO4)CC1N(Cc1ccc(F)cc1)C(=O)OC)C32. The summed E-state index contributed by atoms with van der Waals surface area (Å²) in [6.45, 7) is 7.15. The first kappa shape index (κ1) is 44.2. The number of benzene rings is 2. The summed E-state index contributed by atoms with van der Waals surface area (Å²) in [4.78, 5) is 26.7. The molecule has 7 unspecified atom stereocenters. The smallest absolute Gasteiger partial charge is 0.410 e. The summed E-state index contributed by atoms with van der Waals surface area (Å²) in [5.41, 5.74) is 4.88. The van der Waals surface area contributed by atoms with Crippen molar-refractivity contribution in [2.24, 2.45) is 22.9 Å². The summed E-state index contributed by atoms with van der Waals surface area (Å²) in [5, 5.41) is 24.8. The van der Waals surface area contributed by atoms with Gasteiger partial charge in [-0.15, -0.1) is 6.58 Å². The second-order valence-electron chi connectivity index (χ2n) is 16.5. The molecule has 2 N–H and O–H groups in total. The molecular formula is C48H60FN3O9. The van der Waals surface area contributed by atoms with Crippen molar-refractivity contribution in [3.8, 4) is 11.5 Å². The van der Waals surface area contributed by atoms with Gasteiger partial charge in [0.15, 0.2) is 0 Å². The number of pyridine rings is 1. The third-order valence-electron chi connectivity index (χ3n) is 12.4. The van der Waals surface area contributed by atoms with E-state index in [0.29, 0.717) is 48.6 Å². The van der Waals surface area contributed by atoms with E-state index >= 15 is 0 Å². The monoisotopic (exact) mass is 841 g/mol. The minimum Gasteiger partial charge on any atom is -0.487 e. The number of nitrogens with zero attached hydrogens (tertiary/aromatic N) is 3. The third-order valence-corrected chi connectivity index (χ3v) is 12.4. The molecule has 7 atom stereocenters. The van der Waals surface area contributed by atoms with Crippen LogP contribution >= 0.6 is 0 Å². The number of unbranched alkanes of at least 4 members (excludes halogenated alkanes) is 2. The van der Waals surface area contributed by atoms with Crippen molar-refractivity contribution in [2.75, 3.05) is 33.5 Å². The number of ether oxygens (including phenoxy) is 5. The van der Waals surface area contributed by atoms with Crippen molar-refractivity contribution in [3.05, 3.63) is 113 Å². The summed E-state index contributed by atoms with van der Waals surface area (Å²) in [6.07, 6.45) is 10.1. The van der Waals surface area contributed by atoms with Gasteiger partial charge < -0.3 is 38.7 Å². The maximum absolute atomic E-state index is 14.2. The van der Waals surface area contributed by atoms with Gasteiger partial charge in [-0.05, 0) is 111 Å². The van der Waals surface area contributed by atoms with Crippen LogP contribution in [0.15, 0.2) is 90.1 Å². The molecule has 0 radical (unpaired) electrons. The predicted molar refractivity (Wildman–Crippen MR) is 227 cm³/mol. The Hall–Kier alpha value is -4.82. The van der Waals surface area contributed by atoms with Gasteiger partial charge in [0.25, 0.3) is 0 Å². The van der Waals surface area contributed by atoms with Crippen LogP contribution in [0.1, 0.15) is 92.6 Å². The molecule has 1 saturated heterocycles. The third kappa shape index (κ3) is 10.1. The number of allylic oxidation sites excluding steroid dienone is 1. The number of hydrogen-bond donors (Lipinski definition) is 2. The number of aromatic nitrogens is 1. The van der Waals surface area contributed by atoms with Crippen molar-refractivity contribution >= 4 is 11.8 Å². The molecule has 2 fully saturated rings. The van der Waals surface area contributed by atoms with E-state index in [4.69, 9.17) is 33.7 Å². The summed E-state index contributed by atoms with van der Waals surface area (Å²) in [5.74, 6) is -1.35. The average Bonchev–Trinajstić information content (AvgIpc) is 3.28. The molecule has 1 amide bonds. The maximum atomic E-state index is 14.2. The Bertz CT molecular complexity index is 2000. The number of aliphatic hydroxyl groups excluding tert-OH is 2. The molecule has 0 bridgehead atoms. The highest BCUT2D eigenvalue weighted by atomic mass is 19.1. The zero-order chi connectivity index (χ0) is 42.8. The van der Waals surface area contributed by atoms with E-state index in [1.807, 2.05) is 37.3 Å². The minimum absolute atomic E-state index is 0.0216. The van der Waals surface area contributed by atoms with E-state index in [-0.39, 0.29) is 63.0 Å². The zero-order valence-electron chi connectivity index (χ0n) is 35.4. The van der Waals surface area contributed by atoms with Crippen LogP contribution in [-0.4, -0.2) is 83.6 Å². The van der Waals surface area contributed by atoms with E-state index in [2.05, 4.69) is 23.7 Å². The fourth-order valence-corrected chi connectivity index (χ4v) is 9.70. The van der Waals surface area contributed by atoms with Gasteiger partial charge in [-0.3, -0.25) is 9.88 Å². The topological polar surface area (TPSA) is 141 Å².